The van der Waals surface area contributed by atoms with E-state index < -0.39 is 0 Å². The fourth-order valence-corrected chi connectivity index (χ4v) is 6.49. The lowest BCUT2D eigenvalue weighted by atomic mass is 10.0. The zero-order chi connectivity index (χ0) is 32.2. The Labute approximate surface area is 276 Å². The van der Waals surface area contributed by atoms with Crippen LogP contribution in [-0.4, -0.2) is 15.0 Å². The number of aromatic amines is 1. The van der Waals surface area contributed by atoms with Crippen molar-refractivity contribution in [3.05, 3.63) is 143 Å². The number of aromatic nitrogens is 3. The predicted molar refractivity (Wildman–Crippen MR) is 193 cm³/mol. The summed E-state index contributed by atoms with van der Waals surface area (Å²) in [5.41, 5.74) is 14.3. The molecule has 2 aromatic carbocycles. The molecule has 230 valence electrons. The van der Waals surface area contributed by atoms with Gasteiger partial charge in [-0.3, -0.25) is 0 Å². The van der Waals surface area contributed by atoms with Crippen LogP contribution in [0.4, 0.5) is 0 Å². The SMILES string of the molecule is Cc1ccc(-c2c3nc(c(-c4ccco4)c4ccc(o4)c(-c4ccco4)c4nc(c(-c5ccc(C)cc5)c5ccc2[nH]5)C=C4)C=C3)cc1. The maximum atomic E-state index is 6.67. The van der Waals surface area contributed by atoms with Gasteiger partial charge in [-0.1, -0.05) is 59.7 Å². The van der Waals surface area contributed by atoms with Crippen molar-refractivity contribution in [1.29, 1.82) is 0 Å². The summed E-state index contributed by atoms with van der Waals surface area (Å²) in [7, 11) is 0. The topological polar surface area (TPSA) is 81.0 Å². The van der Waals surface area contributed by atoms with E-state index >= 15 is 0 Å². The van der Waals surface area contributed by atoms with E-state index in [4.69, 9.17) is 23.2 Å². The monoisotopic (exact) mass is 623 g/mol. The number of furan rings is 3. The number of fused-ring (bicyclic) bond motifs is 8. The van der Waals surface area contributed by atoms with Crippen LogP contribution in [0.1, 0.15) is 33.9 Å². The number of nitrogens with one attached hydrogen (secondary N) is 1. The molecule has 9 rings (SSSR count). The zero-order valence-corrected chi connectivity index (χ0v) is 26.3. The van der Waals surface area contributed by atoms with Gasteiger partial charge in [0.05, 0.1) is 46.4 Å². The van der Waals surface area contributed by atoms with E-state index in [-0.39, 0.29) is 0 Å². The molecule has 0 fully saturated rings. The van der Waals surface area contributed by atoms with E-state index in [0.29, 0.717) is 22.7 Å². The molecule has 0 spiro atoms. The van der Waals surface area contributed by atoms with E-state index in [1.165, 1.54) is 11.1 Å². The Hall–Kier alpha value is -6.40. The van der Waals surface area contributed by atoms with Gasteiger partial charge in [0.2, 0.25) is 0 Å². The number of nitrogens with zero attached hydrogens (tertiary/aromatic N) is 2. The van der Waals surface area contributed by atoms with Gasteiger partial charge >= 0.3 is 0 Å². The van der Waals surface area contributed by atoms with Crippen LogP contribution in [0, 0.1) is 13.8 Å². The van der Waals surface area contributed by atoms with Gasteiger partial charge < -0.3 is 18.2 Å². The molecule has 7 heterocycles. The average Bonchev–Trinajstić information content (AvgIpc) is 3.94. The van der Waals surface area contributed by atoms with Gasteiger partial charge in [0.1, 0.15) is 22.7 Å². The van der Waals surface area contributed by atoms with Crippen molar-refractivity contribution in [2.75, 3.05) is 0 Å². The van der Waals surface area contributed by atoms with E-state index in [1.807, 2.05) is 48.6 Å². The summed E-state index contributed by atoms with van der Waals surface area (Å²) in [6.45, 7) is 4.19. The minimum absolute atomic E-state index is 0.624. The van der Waals surface area contributed by atoms with Crippen LogP contribution in [-0.2, 0) is 0 Å². The highest BCUT2D eigenvalue weighted by atomic mass is 16.3. The number of hydrogen-bond donors (Lipinski definition) is 1. The van der Waals surface area contributed by atoms with Crippen LogP contribution in [0.2, 0.25) is 0 Å². The second kappa shape index (κ2) is 11.1. The lowest BCUT2D eigenvalue weighted by molar-refractivity contribution is 0.577. The average molecular weight is 624 g/mol. The molecule has 2 aliphatic heterocycles. The van der Waals surface area contributed by atoms with Crippen LogP contribution in [0.3, 0.4) is 0 Å². The third-order valence-electron chi connectivity index (χ3n) is 8.84. The van der Waals surface area contributed by atoms with Crippen molar-refractivity contribution in [3.63, 3.8) is 0 Å². The molecule has 0 aliphatic carbocycles. The zero-order valence-electron chi connectivity index (χ0n) is 26.3. The lowest BCUT2D eigenvalue weighted by Gasteiger charge is -2.06. The summed E-state index contributed by atoms with van der Waals surface area (Å²) in [5.74, 6) is 1.32. The number of rotatable bonds is 4. The highest BCUT2D eigenvalue weighted by Gasteiger charge is 2.21. The number of H-pyrrole nitrogens is 1. The van der Waals surface area contributed by atoms with Crippen molar-refractivity contribution >= 4 is 46.5 Å². The van der Waals surface area contributed by atoms with E-state index in [1.54, 1.807) is 12.5 Å². The smallest absolute Gasteiger partial charge is 0.140 e. The molecule has 48 heavy (non-hydrogen) atoms. The first kappa shape index (κ1) is 27.9. The molecule has 0 saturated carbocycles. The van der Waals surface area contributed by atoms with Crippen molar-refractivity contribution in [3.8, 4) is 44.9 Å². The Morgan fingerprint density at radius 3 is 1.27 bits per heavy atom. The van der Waals surface area contributed by atoms with Crippen molar-refractivity contribution in [2.24, 2.45) is 0 Å². The lowest BCUT2D eigenvalue weighted by Crippen LogP contribution is -1.88. The Morgan fingerprint density at radius 2 is 0.875 bits per heavy atom. The Kier molecular flexibility index (Phi) is 6.47. The van der Waals surface area contributed by atoms with Gasteiger partial charge in [-0.15, -0.1) is 0 Å². The highest BCUT2D eigenvalue weighted by molar-refractivity contribution is 5.98. The molecule has 1 N–H and O–H groups in total. The second-order valence-electron chi connectivity index (χ2n) is 12.1. The Balaban J connectivity index is 1.47. The summed E-state index contributed by atoms with van der Waals surface area (Å²) in [6, 6.07) is 32.9. The second-order valence-corrected chi connectivity index (χ2v) is 12.1. The fraction of sp³-hybridized carbons (Fsp3) is 0.0476. The van der Waals surface area contributed by atoms with Gasteiger partial charge in [-0.05, 0) is 97.8 Å². The summed E-state index contributed by atoms with van der Waals surface area (Å²) in [4.78, 5) is 14.2. The van der Waals surface area contributed by atoms with Gasteiger partial charge in [-0.25, -0.2) is 9.97 Å². The molecule has 6 nitrogen and oxygen atoms in total. The van der Waals surface area contributed by atoms with Crippen molar-refractivity contribution < 1.29 is 13.3 Å². The Morgan fingerprint density at radius 1 is 0.458 bits per heavy atom. The first-order valence-corrected chi connectivity index (χ1v) is 15.9. The van der Waals surface area contributed by atoms with Crippen molar-refractivity contribution in [2.45, 2.75) is 13.8 Å². The minimum atomic E-state index is 0.624. The first-order chi connectivity index (χ1) is 23.6. The molecule has 0 atom stereocenters. The summed E-state index contributed by atoms with van der Waals surface area (Å²) >= 11 is 0. The number of benzene rings is 2. The standard InChI is InChI=1S/C42H29N3O3/c1-25-7-11-27(12-8-25)39-29-15-16-30(43-29)40(28-13-9-26(2)10-14-28)32-18-20-34(45-32)42(36-6-4-24-47-36)38-22-21-37(48-38)41(35-5-3-23-46-35)33-19-17-31(39)44-33/h3-24,43H,1-2H3. The molecule has 0 saturated heterocycles. The van der Waals surface area contributed by atoms with Crippen LogP contribution >= 0.6 is 0 Å². The third kappa shape index (κ3) is 4.74. The quantitative estimate of drug-likeness (QED) is 0.211. The van der Waals surface area contributed by atoms with Gasteiger partial charge in [0.15, 0.2) is 0 Å². The predicted octanol–water partition coefficient (Wildman–Crippen LogP) is 11.4. The van der Waals surface area contributed by atoms with Crippen LogP contribution < -0.4 is 0 Å². The largest absolute Gasteiger partial charge is 0.464 e. The van der Waals surface area contributed by atoms with Crippen LogP contribution in [0.25, 0.3) is 91.4 Å². The van der Waals surface area contributed by atoms with Gasteiger partial charge in [0.25, 0.3) is 0 Å². The molecule has 0 amide bonds. The minimum Gasteiger partial charge on any atom is -0.464 e. The van der Waals surface area contributed by atoms with Crippen molar-refractivity contribution in [1.82, 2.24) is 15.0 Å². The number of aryl methyl sites for hydroxylation is 2. The van der Waals surface area contributed by atoms with Gasteiger partial charge in [-0.2, -0.15) is 0 Å². The Bertz CT molecular complexity index is 2370. The molecule has 7 aromatic rings. The molecular formula is C42H29N3O3. The van der Waals surface area contributed by atoms with Crippen LogP contribution in [0.5, 0.6) is 0 Å². The maximum Gasteiger partial charge on any atom is 0.140 e. The molecular weight excluding hydrogens is 594 g/mol. The normalized spacial score (nSPS) is 12.2. The molecule has 0 radical (unpaired) electrons. The maximum absolute atomic E-state index is 6.67. The van der Waals surface area contributed by atoms with E-state index in [9.17, 15) is 0 Å². The number of hydrogen-bond acceptors (Lipinski definition) is 5. The molecule has 0 unspecified atom stereocenters. The molecule has 6 heteroatoms. The molecule has 2 aliphatic rings. The highest BCUT2D eigenvalue weighted by Crippen LogP contribution is 2.39. The summed E-state index contributed by atoms with van der Waals surface area (Å²) < 4.78 is 18.6. The van der Waals surface area contributed by atoms with E-state index in [0.717, 1.165) is 67.2 Å². The summed E-state index contributed by atoms with van der Waals surface area (Å²) in [6.07, 6.45) is 11.5. The van der Waals surface area contributed by atoms with Gasteiger partial charge in [0, 0.05) is 22.2 Å². The van der Waals surface area contributed by atoms with E-state index in [2.05, 4.69) is 91.6 Å². The molecule has 8 bridgehead atoms. The fourth-order valence-electron chi connectivity index (χ4n) is 6.49. The summed E-state index contributed by atoms with van der Waals surface area (Å²) in [5, 5.41) is 0. The first-order valence-electron chi connectivity index (χ1n) is 15.9. The third-order valence-corrected chi connectivity index (χ3v) is 8.84. The van der Waals surface area contributed by atoms with Crippen LogP contribution in [0.15, 0.2) is 123 Å². The molecule has 5 aromatic heterocycles.